The molecule has 0 aliphatic carbocycles. The number of azide groups is 1. The Morgan fingerprint density at radius 2 is 1.62 bits per heavy atom. The molecule has 1 N–H and O–H groups in total. The Hall–Kier alpha value is -4.33. The van der Waals surface area contributed by atoms with Gasteiger partial charge < -0.3 is 9.84 Å². The number of halogens is 4. The molecule has 0 spiro atoms. The SMILES string of the molecule is Fc1ccc(C2(Cn3cncn3)CO2)c(F)c1.[N-]=[N+]=NCC(O)(Cn1cncn1)c1ccc(F)cc1F. The highest BCUT2D eigenvalue weighted by molar-refractivity contribution is 5.29. The van der Waals surface area contributed by atoms with Gasteiger partial charge in [0.15, 0.2) is 0 Å². The van der Waals surface area contributed by atoms with Crippen LogP contribution in [0.4, 0.5) is 17.6 Å². The number of epoxide rings is 1. The first kappa shape index (κ1) is 25.8. The molecule has 2 aromatic heterocycles. The summed E-state index contributed by atoms with van der Waals surface area (Å²) in [4.78, 5) is 10.1. The second-order valence-electron chi connectivity index (χ2n) is 8.14. The van der Waals surface area contributed by atoms with E-state index in [9.17, 15) is 22.7 Å². The minimum Gasteiger partial charge on any atom is -0.383 e. The zero-order valence-electron chi connectivity index (χ0n) is 19.0. The molecule has 192 valence electrons. The van der Waals surface area contributed by atoms with Crippen LogP contribution in [0.2, 0.25) is 0 Å². The van der Waals surface area contributed by atoms with Crippen LogP contribution in [0.25, 0.3) is 10.4 Å². The van der Waals surface area contributed by atoms with E-state index in [1.165, 1.54) is 42.1 Å². The summed E-state index contributed by atoms with van der Waals surface area (Å²) in [6.45, 7) is 0.158. The maximum Gasteiger partial charge on any atom is 0.139 e. The van der Waals surface area contributed by atoms with Gasteiger partial charge in [0, 0.05) is 28.2 Å². The lowest BCUT2D eigenvalue weighted by Crippen LogP contribution is -2.36. The maximum atomic E-state index is 13.8. The monoisotopic (exact) mass is 517 g/mol. The molecule has 5 rings (SSSR count). The van der Waals surface area contributed by atoms with Crippen LogP contribution >= 0.6 is 0 Å². The third kappa shape index (κ3) is 6.09. The van der Waals surface area contributed by atoms with Crippen molar-refractivity contribution in [3.63, 3.8) is 0 Å². The molecule has 4 aromatic rings. The van der Waals surface area contributed by atoms with E-state index in [-0.39, 0.29) is 12.1 Å². The van der Waals surface area contributed by atoms with Crippen LogP contribution in [0, 0.1) is 23.3 Å². The Balaban J connectivity index is 0.000000175. The molecule has 0 radical (unpaired) electrons. The topological polar surface area (TPSA) is 143 Å². The zero-order valence-corrected chi connectivity index (χ0v) is 19.0. The Morgan fingerprint density at radius 3 is 2.16 bits per heavy atom. The fourth-order valence-electron chi connectivity index (χ4n) is 3.67. The molecule has 3 heterocycles. The second kappa shape index (κ2) is 10.7. The van der Waals surface area contributed by atoms with E-state index >= 15 is 0 Å². The van der Waals surface area contributed by atoms with Gasteiger partial charge in [-0.25, -0.2) is 36.9 Å². The average Bonchev–Trinajstić information content (AvgIpc) is 3.20. The molecular formula is C22H19F4N9O2. The first-order valence-electron chi connectivity index (χ1n) is 10.7. The molecule has 37 heavy (non-hydrogen) atoms. The number of aromatic nitrogens is 6. The minimum atomic E-state index is -1.85. The van der Waals surface area contributed by atoms with E-state index in [2.05, 4.69) is 30.2 Å². The van der Waals surface area contributed by atoms with E-state index in [0.29, 0.717) is 24.8 Å². The minimum absolute atomic E-state index is 0.179. The number of hydrogen-bond acceptors (Lipinski definition) is 7. The average molecular weight is 517 g/mol. The number of nitrogens with zero attached hydrogens (tertiary/aromatic N) is 9. The van der Waals surface area contributed by atoms with Crippen molar-refractivity contribution in [3.8, 4) is 0 Å². The smallest absolute Gasteiger partial charge is 0.139 e. The van der Waals surface area contributed by atoms with Crippen molar-refractivity contribution in [2.45, 2.75) is 24.3 Å². The molecule has 1 aliphatic heterocycles. The van der Waals surface area contributed by atoms with E-state index in [1.807, 2.05) is 0 Å². The molecule has 1 saturated heterocycles. The summed E-state index contributed by atoms with van der Waals surface area (Å²) in [7, 11) is 0. The molecule has 0 bridgehead atoms. The van der Waals surface area contributed by atoms with E-state index in [1.54, 1.807) is 4.68 Å². The molecule has 0 amide bonds. The van der Waals surface area contributed by atoms with Gasteiger partial charge in [0.1, 0.15) is 59.8 Å². The van der Waals surface area contributed by atoms with Crippen molar-refractivity contribution in [3.05, 3.63) is 107 Å². The van der Waals surface area contributed by atoms with E-state index in [0.717, 1.165) is 18.2 Å². The van der Waals surface area contributed by atoms with Crippen LogP contribution in [0.5, 0.6) is 0 Å². The summed E-state index contributed by atoms with van der Waals surface area (Å²) >= 11 is 0. The van der Waals surface area contributed by atoms with Crippen LogP contribution in [-0.2, 0) is 29.0 Å². The van der Waals surface area contributed by atoms with Gasteiger partial charge >= 0.3 is 0 Å². The fraction of sp³-hybridized carbons (Fsp3) is 0.273. The molecule has 11 nitrogen and oxygen atoms in total. The van der Waals surface area contributed by atoms with Gasteiger partial charge in [0.05, 0.1) is 26.2 Å². The predicted molar refractivity (Wildman–Crippen MR) is 118 cm³/mol. The Bertz CT molecular complexity index is 1390. The van der Waals surface area contributed by atoms with Crippen LogP contribution in [0.15, 0.2) is 66.8 Å². The molecular weight excluding hydrogens is 498 g/mol. The number of ether oxygens (including phenoxy) is 1. The van der Waals surface area contributed by atoms with Crippen LogP contribution in [0.1, 0.15) is 11.1 Å². The van der Waals surface area contributed by atoms with Gasteiger partial charge in [-0.3, -0.25) is 0 Å². The molecule has 2 atom stereocenters. The first-order chi connectivity index (χ1) is 17.7. The lowest BCUT2D eigenvalue weighted by atomic mass is 9.93. The van der Waals surface area contributed by atoms with Crippen LogP contribution in [0.3, 0.4) is 0 Å². The van der Waals surface area contributed by atoms with Gasteiger partial charge in [-0.05, 0) is 17.7 Å². The standard InChI is InChI=1S/C11H10F2N6O.C11H9F2N3O/c12-8-1-2-9(10(13)3-8)11(20,4-16-18-14)5-19-7-15-6-17-19;12-8-1-2-9(10(13)3-8)11(5-17-11)4-16-7-14-6-15-16/h1-3,6-7,20H,4-5H2;1-3,6-7H,4-5H2. The summed E-state index contributed by atoms with van der Waals surface area (Å²) < 4.78 is 61.4. The fourth-order valence-corrected chi connectivity index (χ4v) is 3.67. The Labute approximate surface area is 206 Å². The van der Waals surface area contributed by atoms with Crippen molar-refractivity contribution in [2.75, 3.05) is 13.2 Å². The Kier molecular flexibility index (Phi) is 7.47. The van der Waals surface area contributed by atoms with Gasteiger partial charge in [0.25, 0.3) is 0 Å². The van der Waals surface area contributed by atoms with Gasteiger partial charge in [-0.1, -0.05) is 17.2 Å². The van der Waals surface area contributed by atoms with E-state index in [4.69, 9.17) is 10.3 Å². The first-order valence-corrected chi connectivity index (χ1v) is 10.7. The van der Waals surface area contributed by atoms with Crippen molar-refractivity contribution < 1.29 is 27.4 Å². The number of aliphatic hydroxyl groups is 1. The van der Waals surface area contributed by atoms with Crippen LogP contribution < -0.4 is 0 Å². The lowest BCUT2D eigenvalue weighted by molar-refractivity contribution is 0.0206. The quantitative estimate of drug-likeness (QED) is 0.125. The molecule has 1 aliphatic rings. The van der Waals surface area contributed by atoms with Gasteiger partial charge in [0.2, 0.25) is 0 Å². The van der Waals surface area contributed by atoms with Crippen LogP contribution in [-0.4, -0.2) is 47.8 Å². The Morgan fingerprint density at radius 1 is 1.00 bits per heavy atom. The molecule has 1 fully saturated rings. The third-order valence-electron chi connectivity index (χ3n) is 5.52. The number of rotatable bonds is 8. The van der Waals surface area contributed by atoms with Crippen molar-refractivity contribution in [1.82, 2.24) is 29.5 Å². The summed E-state index contributed by atoms with van der Waals surface area (Å²) in [5, 5.41) is 21.6. The summed E-state index contributed by atoms with van der Waals surface area (Å²) in [5.74, 6) is -2.88. The summed E-state index contributed by atoms with van der Waals surface area (Å²) in [6, 6.07) is 6.27. The third-order valence-corrected chi connectivity index (χ3v) is 5.52. The highest BCUT2D eigenvalue weighted by Gasteiger charge is 2.49. The van der Waals surface area contributed by atoms with Gasteiger partial charge in [-0.2, -0.15) is 10.2 Å². The van der Waals surface area contributed by atoms with Gasteiger partial charge in [-0.15, -0.1) is 0 Å². The normalized spacial score (nSPS) is 17.8. The second-order valence-corrected chi connectivity index (χ2v) is 8.14. The molecule has 2 unspecified atom stereocenters. The number of benzene rings is 2. The van der Waals surface area contributed by atoms with E-state index < -0.39 is 41.0 Å². The predicted octanol–water partition coefficient (Wildman–Crippen LogP) is 3.24. The van der Waals surface area contributed by atoms with Crippen molar-refractivity contribution >= 4 is 0 Å². The lowest BCUT2D eigenvalue weighted by Gasteiger charge is -2.27. The van der Waals surface area contributed by atoms with Crippen molar-refractivity contribution in [2.24, 2.45) is 5.11 Å². The number of hydrogen-bond donors (Lipinski definition) is 1. The highest BCUT2D eigenvalue weighted by Crippen LogP contribution is 2.41. The molecule has 15 heteroatoms. The molecule has 2 aromatic carbocycles. The summed E-state index contributed by atoms with van der Waals surface area (Å²) in [5.41, 5.74) is 5.97. The zero-order chi connectivity index (χ0) is 26.5. The largest absolute Gasteiger partial charge is 0.383 e. The summed E-state index contributed by atoms with van der Waals surface area (Å²) in [6.07, 6.45) is 5.50. The molecule has 0 saturated carbocycles. The maximum absolute atomic E-state index is 13.8. The van der Waals surface area contributed by atoms with Crippen molar-refractivity contribution in [1.29, 1.82) is 0 Å². The highest BCUT2D eigenvalue weighted by atomic mass is 19.1.